The zero-order chi connectivity index (χ0) is 20.4. The summed E-state index contributed by atoms with van der Waals surface area (Å²) in [7, 11) is -3.91. The van der Waals surface area contributed by atoms with Gasteiger partial charge in [0.2, 0.25) is 0 Å². The number of aliphatic carboxylic acids is 2. The Hall–Kier alpha value is -0.410. The fraction of sp³-hybridized carbons (Fsp3) is 0.778. The summed E-state index contributed by atoms with van der Waals surface area (Å²) in [5.74, 6) is -2.62. The molecule has 0 aromatic heterocycles. The van der Waals surface area contributed by atoms with Crippen molar-refractivity contribution in [3.63, 3.8) is 0 Å². The second-order valence-electron chi connectivity index (χ2n) is 6.09. The summed E-state index contributed by atoms with van der Waals surface area (Å²) < 4.78 is 28.3. The van der Waals surface area contributed by atoms with Gasteiger partial charge in [-0.2, -0.15) is 0 Å². The normalized spacial score (nSPS) is 11.1. The molecule has 27 heavy (non-hydrogen) atoms. The fourth-order valence-corrected chi connectivity index (χ4v) is 2.19. The van der Waals surface area contributed by atoms with E-state index >= 15 is 0 Å². The van der Waals surface area contributed by atoms with Crippen LogP contribution in [0.5, 0.6) is 0 Å². The summed E-state index contributed by atoms with van der Waals surface area (Å²) >= 11 is 0. The first kappa shape index (κ1) is 31.3. The van der Waals surface area contributed by atoms with Crippen molar-refractivity contribution in [2.45, 2.75) is 84.5 Å². The van der Waals surface area contributed by atoms with Gasteiger partial charge in [-0.25, -0.2) is 18.0 Å². The first-order chi connectivity index (χ1) is 12.1. The van der Waals surface area contributed by atoms with Gasteiger partial charge in [0.15, 0.2) is 0 Å². The molecular formula is C18H33NaO7S. The van der Waals surface area contributed by atoms with Crippen molar-refractivity contribution in [1.29, 1.82) is 0 Å². The van der Waals surface area contributed by atoms with E-state index in [1.165, 1.54) is 51.9 Å². The van der Waals surface area contributed by atoms with E-state index in [1.54, 1.807) is 0 Å². The molecule has 0 amide bonds. The van der Waals surface area contributed by atoms with Crippen molar-refractivity contribution in [1.82, 2.24) is 0 Å². The third-order valence-corrected chi connectivity index (χ3v) is 4.43. The molecule has 0 aliphatic rings. The van der Waals surface area contributed by atoms with Gasteiger partial charge in [-0.15, -0.1) is 0 Å². The van der Waals surface area contributed by atoms with Gasteiger partial charge in [-0.05, 0) is 12.8 Å². The smallest absolute Gasteiger partial charge is 0.748 e. The molecule has 154 valence electrons. The summed E-state index contributed by atoms with van der Waals surface area (Å²) in [4.78, 5) is 21.3. The number of unbranched alkanes of at least 4 members (excludes halogenated alkanes) is 9. The summed E-state index contributed by atoms with van der Waals surface area (Å²) in [5.41, 5.74) is -0.00272. The monoisotopic (exact) mass is 416 g/mol. The van der Waals surface area contributed by atoms with Crippen molar-refractivity contribution in [2.24, 2.45) is 0 Å². The second-order valence-corrected chi connectivity index (χ2v) is 7.78. The number of hydrogen-bond acceptors (Lipinski definition) is 5. The number of carbonyl (C=O) groups is 2. The van der Waals surface area contributed by atoms with Crippen molar-refractivity contribution >= 4 is 22.1 Å². The summed E-state index contributed by atoms with van der Waals surface area (Å²) in [6, 6.07) is 0. The molecule has 0 saturated heterocycles. The number of carboxylic acid groups (broad SMARTS) is 2. The molecule has 0 aliphatic heterocycles. The van der Waals surface area contributed by atoms with E-state index in [0.717, 1.165) is 25.3 Å². The van der Waals surface area contributed by atoms with Crippen molar-refractivity contribution in [3.8, 4) is 0 Å². The number of rotatable bonds is 14. The van der Waals surface area contributed by atoms with Crippen LogP contribution in [0.15, 0.2) is 11.6 Å². The molecule has 0 unspecified atom stereocenters. The standard InChI is InChI=1S/C16H28O4.C2H6O3S.Na/c1-2-3-4-5-6-7-8-9-10-11-12-14(16(19)20)13-15(17)18;1-2-6(3,4)5;/h13H,2-12H2,1H3,(H,17,18)(H,19,20);2H2,1H3,(H,3,4,5);/q;;+1/p-1/b14-13-;;. The fourth-order valence-electron chi connectivity index (χ4n) is 2.19. The molecule has 2 N–H and O–H groups in total. The average molecular weight is 417 g/mol. The van der Waals surface area contributed by atoms with Gasteiger partial charge in [0.05, 0.1) is 10.1 Å². The van der Waals surface area contributed by atoms with Crippen molar-refractivity contribution in [3.05, 3.63) is 11.6 Å². The van der Waals surface area contributed by atoms with Crippen LogP contribution < -0.4 is 29.6 Å². The Kier molecular flexibility index (Phi) is 23.6. The predicted molar refractivity (Wildman–Crippen MR) is 100 cm³/mol. The molecule has 0 aromatic rings. The van der Waals surface area contributed by atoms with Crippen LogP contribution in [0.2, 0.25) is 0 Å². The Morgan fingerprint density at radius 2 is 1.22 bits per heavy atom. The van der Waals surface area contributed by atoms with Crippen LogP contribution in [-0.4, -0.2) is 40.9 Å². The minimum Gasteiger partial charge on any atom is -0.748 e. The van der Waals surface area contributed by atoms with Crippen LogP contribution in [0.3, 0.4) is 0 Å². The zero-order valence-electron chi connectivity index (χ0n) is 16.9. The van der Waals surface area contributed by atoms with E-state index in [-0.39, 0.29) is 40.9 Å². The number of hydrogen-bond donors (Lipinski definition) is 2. The van der Waals surface area contributed by atoms with E-state index in [2.05, 4.69) is 6.92 Å². The summed E-state index contributed by atoms with van der Waals surface area (Å²) in [6.45, 7) is 3.52. The third kappa shape index (κ3) is 27.9. The molecule has 7 nitrogen and oxygen atoms in total. The maximum Gasteiger partial charge on any atom is 1.00 e. The molecule has 0 saturated carbocycles. The van der Waals surface area contributed by atoms with Crippen LogP contribution in [0, 0.1) is 0 Å². The molecule has 0 rings (SSSR count). The molecule has 0 radical (unpaired) electrons. The zero-order valence-corrected chi connectivity index (χ0v) is 19.7. The Morgan fingerprint density at radius 3 is 1.52 bits per heavy atom. The largest absolute Gasteiger partial charge is 1.00 e. The Balaban J connectivity index is -0.000000709. The van der Waals surface area contributed by atoms with Gasteiger partial charge in [-0.1, -0.05) is 71.6 Å². The molecule has 0 fully saturated rings. The Labute approximate surface area is 185 Å². The molecule has 0 aromatic carbocycles. The molecular weight excluding hydrogens is 383 g/mol. The van der Waals surface area contributed by atoms with E-state index in [0.29, 0.717) is 6.42 Å². The summed E-state index contributed by atoms with van der Waals surface area (Å²) in [6.07, 6.45) is 13.0. The molecule has 0 bridgehead atoms. The van der Waals surface area contributed by atoms with Gasteiger partial charge >= 0.3 is 41.5 Å². The minimum atomic E-state index is -3.91. The summed E-state index contributed by atoms with van der Waals surface area (Å²) in [5, 5.41) is 17.4. The first-order valence-corrected chi connectivity index (χ1v) is 10.8. The topological polar surface area (TPSA) is 132 Å². The van der Waals surface area contributed by atoms with Crippen LogP contribution in [-0.2, 0) is 19.7 Å². The predicted octanol–water partition coefficient (Wildman–Crippen LogP) is 0.949. The quantitative estimate of drug-likeness (QED) is 0.186. The molecule has 0 spiro atoms. The van der Waals surface area contributed by atoms with Gasteiger partial charge < -0.3 is 14.8 Å². The van der Waals surface area contributed by atoms with Crippen LogP contribution in [0.1, 0.15) is 84.5 Å². The van der Waals surface area contributed by atoms with Crippen LogP contribution in [0.4, 0.5) is 0 Å². The average Bonchev–Trinajstić information content (AvgIpc) is 2.55. The Morgan fingerprint density at radius 1 is 0.852 bits per heavy atom. The van der Waals surface area contributed by atoms with Crippen LogP contribution >= 0.6 is 0 Å². The van der Waals surface area contributed by atoms with Crippen molar-refractivity contribution < 1.29 is 62.3 Å². The van der Waals surface area contributed by atoms with Crippen LogP contribution in [0.25, 0.3) is 0 Å². The van der Waals surface area contributed by atoms with Gasteiger partial charge in [-0.3, -0.25) is 0 Å². The van der Waals surface area contributed by atoms with E-state index in [4.69, 9.17) is 10.2 Å². The minimum absolute atomic E-state index is 0. The van der Waals surface area contributed by atoms with E-state index in [9.17, 15) is 22.6 Å². The molecule has 0 aliphatic carbocycles. The van der Waals surface area contributed by atoms with Crippen molar-refractivity contribution in [2.75, 3.05) is 5.75 Å². The second kappa shape index (κ2) is 20.3. The maximum absolute atomic E-state index is 10.8. The maximum atomic E-state index is 10.8. The van der Waals surface area contributed by atoms with Gasteiger partial charge in [0.1, 0.15) is 0 Å². The van der Waals surface area contributed by atoms with E-state index in [1.807, 2.05) is 0 Å². The Bertz CT molecular complexity index is 516. The van der Waals surface area contributed by atoms with Gasteiger partial charge in [0.25, 0.3) is 0 Å². The molecule has 0 atom stereocenters. The van der Waals surface area contributed by atoms with Gasteiger partial charge in [0, 0.05) is 17.4 Å². The molecule has 9 heteroatoms. The number of carboxylic acids is 2. The first-order valence-electron chi connectivity index (χ1n) is 9.24. The third-order valence-electron chi connectivity index (χ3n) is 3.73. The van der Waals surface area contributed by atoms with E-state index < -0.39 is 22.1 Å². The SMILES string of the molecule is CCCCCCCCCCCC/C(=C/C(=O)O)C(=O)O.CCS(=O)(=O)[O-].[Na+]. The molecule has 0 heterocycles.